The van der Waals surface area contributed by atoms with Crippen LogP contribution in [0.15, 0.2) is 59.5 Å². The first kappa shape index (κ1) is 12.3. The molecule has 0 unspecified atom stereocenters. The van der Waals surface area contributed by atoms with Crippen LogP contribution in [0.3, 0.4) is 0 Å². The van der Waals surface area contributed by atoms with Crippen LogP contribution in [0.5, 0.6) is 0 Å². The highest BCUT2D eigenvalue weighted by Gasteiger charge is 2.00. The molecule has 2 aromatic carbocycles. The normalized spacial score (nSPS) is 10.2. The number of halogens is 1. The van der Waals surface area contributed by atoms with Crippen LogP contribution < -0.4 is 4.90 Å². The van der Waals surface area contributed by atoms with Crippen LogP contribution in [-0.2, 0) is 0 Å². The van der Waals surface area contributed by atoms with E-state index in [9.17, 15) is 0 Å². The largest absolute Gasteiger partial charge is 0.365 e. The van der Waals surface area contributed by atoms with E-state index in [1.54, 1.807) is 11.8 Å². The Morgan fingerprint density at radius 2 is 1.65 bits per heavy atom. The fraction of sp³-hybridized carbons (Fsp3) is 0.143. The maximum atomic E-state index is 5.85. The van der Waals surface area contributed by atoms with Crippen LogP contribution in [0.25, 0.3) is 0 Å². The molecule has 0 fully saturated rings. The lowest BCUT2D eigenvalue weighted by Crippen LogP contribution is -2.15. The lowest BCUT2D eigenvalue weighted by Gasteiger charge is -2.18. The molecule has 1 nitrogen and oxygen atoms in total. The van der Waals surface area contributed by atoms with Crippen LogP contribution in [0.2, 0.25) is 5.02 Å². The van der Waals surface area contributed by atoms with Gasteiger partial charge >= 0.3 is 0 Å². The summed E-state index contributed by atoms with van der Waals surface area (Å²) in [7, 11) is 2.10. The molecule has 0 heterocycles. The quantitative estimate of drug-likeness (QED) is 0.589. The number of nitrogens with zero attached hydrogens (tertiary/aromatic N) is 1. The summed E-state index contributed by atoms with van der Waals surface area (Å²) in [6.45, 7) is 0. The third kappa shape index (κ3) is 3.69. The second-order valence-electron chi connectivity index (χ2n) is 3.76. The van der Waals surface area contributed by atoms with Crippen molar-refractivity contribution >= 4 is 29.1 Å². The summed E-state index contributed by atoms with van der Waals surface area (Å²) in [5.41, 5.74) is 1.23. The fourth-order valence-electron chi connectivity index (χ4n) is 1.46. The van der Waals surface area contributed by atoms with Crippen molar-refractivity contribution in [3.8, 4) is 0 Å². The van der Waals surface area contributed by atoms with E-state index < -0.39 is 0 Å². The molecule has 88 valence electrons. The highest BCUT2D eigenvalue weighted by atomic mass is 35.5. The number of para-hydroxylation sites is 1. The number of rotatable bonds is 4. The molecule has 0 aliphatic heterocycles. The molecule has 17 heavy (non-hydrogen) atoms. The summed E-state index contributed by atoms with van der Waals surface area (Å²) in [4.78, 5) is 3.46. The Hall–Kier alpha value is -1.12. The molecule has 0 aromatic heterocycles. The third-order valence-corrected chi connectivity index (χ3v) is 3.81. The van der Waals surface area contributed by atoms with Crippen molar-refractivity contribution in [3.63, 3.8) is 0 Å². The van der Waals surface area contributed by atoms with Crippen molar-refractivity contribution in [1.82, 2.24) is 0 Å². The molecule has 0 saturated heterocycles. The number of thioether (sulfide) groups is 1. The SMILES string of the molecule is CN(CSc1ccc(Cl)cc1)c1ccccc1. The van der Waals surface area contributed by atoms with Crippen molar-refractivity contribution in [1.29, 1.82) is 0 Å². The Balaban J connectivity index is 1.92. The molecular weight excluding hydrogens is 250 g/mol. The van der Waals surface area contributed by atoms with Gasteiger partial charge in [-0.2, -0.15) is 0 Å². The van der Waals surface area contributed by atoms with E-state index in [4.69, 9.17) is 11.6 Å². The molecule has 0 saturated carbocycles. The first-order valence-corrected chi connectivity index (χ1v) is 6.76. The smallest absolute Gasteiger partial charge is 0.0682 e. The lowest BCUT2D eigenvalue weighted by molar-refractivity contribution is 1.09. The van der Waals surface area contributed by atoms with Crippen LogP contribution >= 0.6 is 23.4 Å². The zero-order valence-corrected chi connectivity index (χ0v) is 11.2. The predicted molar refractivity (Wildman–Crippen MR) is 77.0 cm³/mol. The number of hydrogen-bond donors (Lipinski definition) is 0. The molecule has 0 atom stereocenters. The molecule has 3 heteroatoms. The highest BCUT2D eigenvalue weighted by Crippen LogP contribution is 2.23. The summed E-state index contributed by atoms with van der Waals surface area (Å²) < 4.78 is 0. The lowest BCUT2D eigenvalue weighted by atomic mass is 10.3. The summed E-state index contributed by atoms with van der Waals surface area (Å²) in [5, 5.41) is 0.783. The summed E-state index contributed by atoms with van der Waals surface area (Å²) >= 11 is 7.65. The molecular formula is C14H14ClNS. The minimum Gasteiger partial charge on any atom is -0.365 e. The van der Waals surface area contributed by atoms with Crippen molar-refractivity contribution < 1.29 is 0 Å². The monoisotopic (exact) mass is 263 g/mol. The van der Waals surface area contributed by atoms with E-state index in [0.717, 1.165) is 10.9 Å². The van der Waals surface area contributed by atoms with Gasteiger partial charge in [0.25, 0.3) is 0 Å². The van der Waals surface area contributed by atoms with Gasteiger partial charge in [0.05, 0.1) is 5.88 Å². The molecule has 0 aliphatic rings. The van der Waals surface area contributed by atoms with Crippen molar-refractivity contribution in [3.05, 3.63) is 59.6 Å². The second-order valence-corrected chi connectivity index (χ2v) is 5.22. The van der Waals surface area contributed by atoms with Gasteiger partial charge in [0.15, 0.2) is 0 Å². The number of benzene rings is 2. The first-order valence-electron chi connectivity index (χ1n) is 5.40. The Morgan fingerprint density at radius 3 is 2.29 bits per heavy atom. The number of hydrogen-bond acceptors (Lipinski definition) is 2. The van der Waals surface area contributed by atoms with Gasteiger partial charge in [0.2, 0.25) is 0 Å². The zero-order valence-electron chi connectivity index (χ0n) is 9.64. The van der Waals surface area contributed by atoms with Gasteiger partial charge in [-0.3, -0.25) is 0 Å². The minimum atomic E-state index is 0.783. The van der Waals surface area contributed by atoms with Crippen LogP contribution in [0, 0.1) is 0 Å². The Bertz CT molecular complexity index is 455. The Morgan fingerprint density at radius 1 is 1.00 bits per heavy atom. The predicted octanol–water partition coefficient (Wildman–Crippen LogP) is 4.53. The molecule has 0 N–H and O–H groups in total. The highest BCUT2D eigenvalue weighted by molar-refractivity contribution is 7.99. The first-order chi connectivity index (χ1) is 8.25. The minimum absolute atomic E-state index is 0.783. The average molecular weight is 264 g/mol. The van der Waals surface area contributed by atoms with E-state index >= 15 is 0 Å². The second kappa shape index (κ2) is 5.99. The van der Waals surface area contributed by atoms with Gasteiger partial charge in [0, 0.05) is 22.7 Å². The number of anilines is 1. The van der Waals surface area contributed by atoms with Gasteiger partial charge in [-0.25, -0.2) is 0 Å². The van der Waals surface area contributed by atoms with Crippen molar-refractivity contribution in [2.24, 2.45) is 0 Å². The maximum Gasteiger partial charge on any atom is 0.0682 e. The zero-order chi connectivity index (χ0) is 12.1. The van der Waals surface area contributed by atoms with Gasteiger partial charge in [0.1, 0.15) is 0 Å². The molecule has 0 bridgehead atoms. The molecule has 2 aromatic rings. The summed E-state index contributed by atoms with van der Waals surface area (Å²) in [6.07, 6.45) is 0. The molecule has 0 radical (unpaired) electrons. The van der Waals surface area contributed by atoms with Crippen LogP contribution in [0.4, 0.5) is 5.69 Å². The Kier molecular flexibility index (Phi) is 4.35. The standard InChI is InChI=1S/C14H14ClNS/c1-16(13-5-3-2-4-6-13)11-17-14-9-7-12(15)8-10-14/h2-10H,11H2,1H3. The molecule has 2 rings (SSSR count). The third-order valence-electron chi connectivity index (χ3n) is 2.44. The van der Waals surface area contributed by atoms with Crippen molar-refractivity contribution in [2.45, 2.75) is 4.90 Å². The van der Waals surface area contributed by atoms with Gasteiger partial charge in [-0.1, -0.05) is 29.8 Å². The van der Waals surface area contributed by atoms with Gasteiger partial charge < -0.3 is 4.90 Å². The molecule has 0 amide bonds. The van der Waals surface area contributed by atoms with E-state index in [2.05, 4.69) is 36.2 Å². The summed E-state index contributed by atoms with van der Waals surface area (Å²) in [5.74, 6) is 0.922. The van der Waals surface area contributed by atoms with Gasteiger partial charge in [-0.05, 0) is 36.4 Å². The van der Waals surface area contributed by atoms with Gasteiger partial charge in [-0.15, -0.1) is 11.8 Å². The Labute approximate surface area is 111 Å². The topological polar surface area (TPSA) is 3.24 Å². The van der Waals surface area contributed by atoms with E-state index in [-0.39, 0.29) is 0 Å². The van der Waals surface area contributed by atoms with Crippen molar-refractivity contribution in [2.75, 3.05) is 17.8 Å². The maximum absolute atomic E-state index is 5.85. The summed E-state index contributed by atoms with van der Waals surface area (Å²) in [6, 6.07) is 18.3. The van der Waals surface area contributed by atoms with E-state index in [1.165, 1.54) is 10.6 Å². The van der Waals surface area contributed by atoms with Crippen LogP contribution in [0.1, 0.15) is 0 Å². The van der Waals surface area contributed by atoms with E-state index in [1.807, 2.05) is 30.3 Å². The van der Waals surface area contributed by atoms with E-state index in [0.29, 0.717) is 0 Å². The average Bonchev–Trinajstić information content (AvgIpc) is 2.39. The fourth-order valence-corrected chi connectivity index (χ4v) is 2.41. The molecule has 0 spiro atoms. The van der Waals surface area contributed by atoms with Crippen LogP contribution in [-0.4, -0.2) is 12.9 Å². The molecule has 0 aliphatic carbocycles.